The Morgan fingerprint density at radius 1 is 1.30 bits per heavy atom. The predicted octanol–water partition coefficient (Wildman–Crippen LogP) is 3.15. The first-order chi connectivity index (χ1) is 13.1. The first kappa shape index (κ1) is 18.3. The van der Waals surface area contributed by atoms with Gasteiger partial charge in [-0.15, -0.1) is 0 Å². The number of aryl methyl sites for hydroxylation is 3. The van der Waals surface area contributed by atoms with Crippen LogP contribution in [0.5, 0.6) is 5.88 Å². The molecule has 2 aromatic rings. The molecule has 144 valence electrons. The quantitative estimate of drug-likeness (QED) is 0.855. The SMILES string of the molecule is COc1nc2c(cc1C(=O)NC1CCC(Sc3nccn3C)CC1)CCC2. The van der Waals surface area contributed by atoms with Crippen LogP contribution in [-0.2, 0) is 19.9 Å². The third-order valence-corrected chi connectivity index (χ3v) is 6.92. The average molecular weight is 387 g/mol. The van der Waals surface area contributed by atoms with Gasteiger partial charge in [0, 0.05) is 36.4 Å². The highest BCUT2D eigenvalue weighted by Crippen LogP contribution is 2.33. The fraction of sp³-hybridized carbons (Fsp3) is 0.550. The van der Waals surface area contributed by atoms with Crippen molar-refractivity contribution < 1.29 is 9.53 Å². The fourth-order valence-corrected chi connectivity index (χ4v) is 5.13. The van der Waals surface area contributed by atoms with Crippen molar-refractivity contribution >= 4 is 17.7 Å². The summed E-state index contributed by atoms with van der Waals surface area (Å²) in [6.45, 7) is 0. The zero-order valence-corrected chi connectivity index (χ0v) is 16.7. The second-order valence-electron chi connectivity index (χ2n) is 7.39. The number of imidazole rings is 1. The number of ether oxygens (including phenoxy) is 1. The smallest absolute Gasteiger partial charge is 0.256 e. The third-order valence-electron chi connectivity index (χ3n) is 5.51. The largest absolute Gasteiger partial charge is 0.480 e. The number of hydrogen-bond acceptors (Lipinski definition) is 5. The lowest BCUT2D eigenvalue weighted by Gasteiger charge is -2.28. The van der Waals surface area contributed by atoms with Crippen LogP contribution < -0.4 is 10.1 Å². The summed E-state index contributed by atoms with van der Waals surface area (Å²) in [6, 6.07) is 2.19. The molecular weight excluding hydrogens is 360 g/mol. The molecule has 2 aliphatic carbocycles. The molecule has 2 heterocycles. The van der Waals surface area contributed by atoms with Gasteiger partial charge >= 0.3 is 0 Å². The van der Waals surface area contributed by atoms with Crippen molar-refractivity contribution in [3.05, 3.63) is 35.3 Å². The Balaban J connectivity index is 1.35. The van der Waals surface area contributed by atoms with Gasteiger partial charge in [0.2, 0.25) is 5.88 Å². The molecule has 27 heavy (non-hydrogen) atoms. The Labute approximate surface area is 164 Å². The van der Waals surface area contributed by atoms with Crippen molar-refractivity contribution in [1.82, 2.24) is 19.9 Å². The van der Waals surface area contributed by atoms with E-state index in [-0.39, 0.29) is 11.9 Å². The first-order valence-electron chi connectivity index (χ1n) is 9.65. The molecule has 0 radical (unpaired) electrons. The molecule has 0 bridgehead atoms. The van der Waals surface area contributed by atoms with E-state index in [4.69, 9.17) is 4.74 Å². The molecule has 2 aliphatic rings. The minimum Gasteiger partial charge on any atom is -0.480 e. The summed E-state index contributed by atoms with van der Waals surface area (Å²) in [4.78, 5) is 21.8. The lowest BCUT2D eigenvalue weighted by molar-refractivity contribution is 0.0924. The van der Waals surface area contributed by atoms with E-state index in [9.17, 15) is 4.79 Å². The molecule has 2 aromatic heterocycles. The summed E-state index contributed by atoms with van der Waals surface area (Å²) in [7, 11) is 3.61. The van der Waals surface area contributed by atoms with Crippen LogP contribution in [0.15, 0.2) is 23.6 Å². The number of nitrogens with one attached hydrogen (secondary N) is 1. The van der Waals surface area contributed by atoms with Crippen molar-refractivity contribution in [2.75, 3.05) is 7.11 Å². The van der Waals surface area contributed by atoms with E-state index >= 15 is 0 Å². The number of nitrogens with zero attached hydrogens (tertiary/aromatic N) is 3. The number of methoxy groups -OCH3 is 1. The molecule has 0 atom stereocenters. The van der Waals surface area contributed by atoms with Crippen LogP contribution in [-0.4, -0.2) is 38.8 Å². The van der Waals surface area contributed by atoms with E-state index in [1.807, 2.05) is 37.3 Å². The van der Waals surface area contributed by atoms with Gasteiger partial charge in [0.25, 0.3) is 5.91 Å². The lowest BCUT2D eigenvalue weighted by atomic mass is 9.94. The van der Waals surface area contributed by atoms with Crippen molar-refractivity contribution in [1.29, 1.82) is 0 Å². The van der Waals surface area contributed by atoms with Gasteiger partial charge in [0.15, 0.2) is 5.16 Å². The van der Waals surface area contributed by atoms with E-state index in [0.717, 1.165) is 55.8 Å². The van der Waals surface area contributed by atoms with E-state index < -0.39 is 0 Å². The maximum absolute atomic E-state index is 12.8. The van der Waals surface area contributed by atoms with Crippen LogP contribution >= 0.6 is 11.8 Å². The maximum atomic E-state index is 12.8. The van der Waals surface area contributed by atoms with Gasteiger partial charge in [-0.2, -0.15) is 0 Å². The Hall–Kier alpha value is -2.02. The summed E-state index contributed by atoms with van der Waals surface area (Å²) < 4.78 is 7.44. The van der Waals surface area contributed by atoms with E-state index in [0.29, 0.717) is 16.7 Å². The van der Waals surface area contributed by atoms with Crippen LogP contribution in [0.1, 0.15) is 53.7 Å². The number of thioether (sulfide) groups is 1. The lowest BCUT2D eigenvalue weighted by Crippen LogP contribution is -2.38. The summed E-state index contributed by atoms with van der Waals surface area (Å²) in [5, 5.41) is 4.83. The Kier molecular flexibility index (Phi) is 5.38. The number of hydrogen-bond donors (Lipinski definition) is 1. The molecule has 1 saturated carbocycles. The Bertz CT molecular complexity index is 827. The molecule has 0 saturated heterocycles. The van der Waals surface area contributed by atoms with Crippen molar-refractivity contribution in [2.45, 2.75) is 61.4 Å². The van der Waals surface area contributed by atoms with Crippen LogP contribution in [0.3, 0.4) is 0 Å². The van der Waals surface area contributed by atoms with Gasteiger partial charge in [0.05, 0.1) is 7.11 Å². The minimum atomic E-state index is -0.0609. The van der Waals surface area contributed by atoms with E-state index in [2.05, 4.69) is 19.9 Å². The van der Waals surface area contributed by atoms with Crippen LogP contribution in [0.4, 0.5) is 0 Å². The van der Waals surface area contributed by atoms with Crippen molar-refractivity contribution in [2.24, 2.45) is 7.05 Å². The highest BCUT2D eigenvalue weighted by Gasteiger charge is 2.26. The molecule has 1 N–H and O–H groups in total. The van der Waals surface area contributed by atoms with Crippen molar-refractivity contribution in [3.8, 4) is 5.88 Å². The van der Waals surface area contributed by atoms with Crippen molar-refractivity contribution in [3.63, 3.8) is 0 Å². The van der Waals surface area contributed by atoms with E-state index in [1.54, 1.807) is 7.11 Å². The molecule has 4 rings (SSSR count). The second kappa shape index (κ2) is 7.92. The van der Waals surface area contributed by atoms with E-state index in [1.165, 1.54) is 5.56 Å². The van der Waals surface area contributed by atoms with Gasteiger partial charge in [-0.3, -0.25) is 4.79 Å². The summed E-state index contributed by atoms with van der Waals surface area (Å²) in [5.74, 6) is 0.390. The highest BCUT2D eigenvalue weighted by molar-refractivity contribution is 7.99. The molecular formula is C20H26N4O2S. The number of carbonyl (C=O) groups is 1. The average Bonchev–Trinajstić information content (AvgIpc) is 3.30. The molecule has 1 fully saturated rings. The molecule has 0 unspecified atom stereocenters. The molecule has 0 aromatic carbocycles. The van der Waals surface area contributed by atoms with Crippen LogP contribution in [0.25, 0.3) is 0 Å². The van der Waals surface area contributed by atoms with Crippen LogP contribution in [0, 0.1) is 0 Å². The number of pyridine rings is 1. The maximum Gasteiger partial charge on any atom is 0.256 e. The summed E-state index contributed by atoms with van der Waals surface area (Å²) in [6.07, 6.45) is 11.1. The number of amides is 1. The van der Waals surface area contributed by atoms with Crippen LogP contribution in [0.2, 0.25) is 0 Å². The van der Waals surface area contributed by atoms with Gasteiger partial charge in [-0.05, 0) is 56.6 Å². The number of aromatic nitrogens is 3. The zero-order chi connectivity index (χ0) is 18.8. The normalized spacial score (nSPS) is 21.7. The molecule has 1 amide bonds. The summed E-state index contributed by atoms with van der Waals surface area (Å²) >= 11 is 1.84. The number of rotatable bonds is 5. The second-order valence-corrected chi connectivity index (χ2v) is 8.66. The number of fused-ring (bicyclic) bond motifs is 1. The number of carbonyl (C=O) groups excluding carboxylic acids is 1. The fourth-order valence-electron chi connectivity index (χ4n) is 3.97. The molecule has 0 aliphatic heterocycles. The molecule has 0 spiro atoms. The van der Waals surface area contributed by atoms with Gasteiger partial charge < -0.3 is 14.6 Å². The highest BCUT2D eigenvalue weighted by atomic mass is 32.2. The van der Waals surface area contributed by atoms with Gasteiger partial charge in [-0.1, -0.05) is 11.8 Å². The Morgan fingerprint density at radius 3 is 2.81 bits per heavy atom. The third kappa shape index (κ3) is 3.98. The first-order valence-corrected chi connectivity index (χ1v) is 10.5. The standard InChI is InChI=1S/C20H26N4O2S/c1-24-11-10-21-20(24)27-15-8-6-14(7-9-15)22-18(25)16-12-13-4-3-5-17(13)23-19(16)26-2/h10-12,14-15H,3-9H2,1-2H3,(H,22,25). The summed E-state index contributed by atoms with van der Waals surface area (Å²) in [5.41, 5.74) is 2.84. The minimum absolute atomic E-state index is 0.0609. The zero-order valence-electron chi connectivity index (χ0n) is 15.9. The van der Waals surface area contributed by atoms with Gasteiger partial charge in [-0.25, -0.2) is 9.97 Å². The molecule has 7 heteroatoms. The Morgan fingerprint density at radius 2 is 2.11 bits per heavy atom. The van der Waals surface area contributed by atoms with Gasteiger partial charge in [0.1, 0.15) is 5.56 Å². The topological polar surface area (TPSA) is 69.0 Å². The predicted molar refractivity (Wildman–Crippen MR) is 105 cm³/mol. The molecule has 6 nitrogen and oxygen atoms in total. The monoisotopic (exact) mass is 386 g/mol.